The molecule has 7 heteroatoms. The second kappa shape index (κ2) is 5.09. The monoisotopic (exact) mass is 326 g/mol. The summed E-state index contributed by atoms with van der Waals surface area (Å²) in [5, 5.41) is 11.9. The highest BCUT2D eigenvalue weighted by Crippen LogP contribution is 2.33. The van der Waals surface area contributed by atoms with Crippen LogP contribution in [0.3, 0.4) is 0 Å². The normalized spacial score (nSPS) is 11.1. The molecule has 1 aromatic carbocycles. The Balaban J connectivity index is 2.11. The molecule has 0 spiro atoms. The highest BCUT2D eigenvalue weighted by atomic mass is 35.5. The van der Waals surface area contributed by atoms with Gasteiger partial charge in [0, 0.05) is 22.2 Å². The molecular weight excluding hydrogens is 319 g/mol. The van der Waals surface area contributed by atoms with Crippen LogP contribution in [0.25, 0.3) is 16.2 Å². The first kappa shape index (κ1) is 13.4. The molecule has 3 aromatic rings. The minimum atomic E-state index is -0.901. The average Bonchev–Trinajstić information content (AvgIpc) is 2.88. The van der Waals surface area contributed by atoms with E-state index < -0.39 is 5.97 Å². The SMILES string of the molecule is O=C(O)Cc1cn2c(-c3ccc(Cl)cc3Cl)csc2n1. The van der Waals surface area contributed by atoms with E-state index in [1.165, 1.54) is 11.3 Å². The fourth-order valence-corrected chi connectivity index (χ4v) is 3.36. The van der Waals surface area contributed by atoms with Crippen molar-refractivity contribution in [3.8, 4) is 11.3 Å². The molecule has 1 N–H and O–H groups in total. The zero-order valence-electron chi connectivity index (χ0n) is 10.0. The molecule has 2 aromatic heterocycles. The van der Waals surface area contributed by atoms with Crippen molar-refractivity contribution in [2.45, 2.75) is 6.42 Å². The highest BCUT2D eigenvalue weighted by Gasteiger charge is 2.13. The van der Waals surface area contributed by atoms with Crippen molar-refractivity contribution in [2.75, 3.05) is 0 Å². The Hall–Kier alpha value is -1.56. The van der Waals surface area contributed by atoms with Gasteiger partial charge in [0.15, 0.2) is 4.96 Å². The van der Waals surface area contributed by atoms with E-state index in [1.807, 2.05) is 15.8 Å². The summed E-state index contributed by atoms with van der Waals surface area (Å²) in [6.45, 7) is 0. The lowest BCUT2D eigenvalue weighted by atomic mass is 10.2. The van der Waals surface area contributed by atoms with Gasteiger partial charge in [-0.15, -0.1) is 11.3 Å². The lowest BCUT2D eigenvalue weighted by molar-refractivity contribution is -0.136. The zero-order chi connectivity index (χ0) is 14.3. The molecule has 0 atom stereocenters. The third-order valence-electron chi connectivity index (χ3n) is 2.80. The van der Waals surface area contributed by atoms with Gasteiger partial charge in [-0.3, -0.25) is 9.20 Å². The Morgan fingerprint density at radius 2 is 2.20 bits per heavy atom. The molecule has 0 bridgehead atoms. The lowest BCUT2D eigenvalue weighted by Crippen LogP contribution is -1.99. The van der Waals surface area contributed by atoms with Gasteiger partial charge in [-0.1, -0.05) is 23.2 Å². The molecule has 0 aliphatic heterocycles. The fraction of sp³-hybridized carbons (Fsp3) is 0.0769. The number of benzene rings is 1. The molecule has 0 fully saturated rings. The van der Waals surface area contributed by atoms with Gasteiger partial charge in [-0.25, -0.2) is 4.98 Å². The number of halogens is 2. The standard InChI is InChI=1S/C13H8Cl2N2O2S/c14-7-1-2-9(10(15)3-7)11-6-20-13-16-8(4-12(18)19)5-17(11)13/h1-3,5-6H,4H2,(H,18,19). The number of nitrogens with zero attached hydrogens (tertiary/aromatic N) is 2. The Labute approximate surface area is 128 Å². The van der Waals surface area contributed by atoms with Gasteiger partial charge in [-0.2, -0.15) is 0 Å². The number of aromatic nitrogens is 2. The molecule has 0 saturated carbocycles. The summed E-state index contributed by atoms with van der Waals surface area (Å²) in [6, 6.07) is 5.28. The molecule has 4 nitrogen and oxygen atoms in total. The number of carboxylic acid groups (broad SMARTS) is 1. The predicted octanol–water partition coefficient (Wildman–Crippen LogP) is 4.00. The van der Waals surface area contributed by atoms with Crippen LogP contribution in [0, 0.1) is 0 Å². The van der Waals surface area contributed by atoms with Crippen LogP contribution >= 0.6 is 34.5 Å². The number of hydrogen-bond donors (Lipinski definition) is 1. The van der Waals surface area contributed by atoms with Gasteiger partial charge in [0.25, 0.3) is 0 Å². The molecule has 0 amide bonds. The van der Waals surface area contributed by atoms with Gasteiger partial charge in [0.1, 0.15) is 0 Å². The van der Waals surface area contributed by atoms with Crippen LogP contribution in [0.2, 0.25) is 10.0 Å². The maximum absolute atomic E-state index is 10.7. The summed E-state index contributed by atoms with van der Waals surface area (Å²) in [5.41, 5.74) is 2.23. The summed E-state index contributed by atoms with van der Waals surface area (Å²) in [4.78, 5) is 15.7. The van der Waals surface area contributed by atoms with E-state index in [0.29, 0.717) is 15.7 Å². The van der Waals surface area contributed by atoms with Gasteiger partial charge in [0.2, 0.25) is 0 Å². The third kappa shape index (κ3) is 2.40. The van der Waals surface area contributed by atoms with Crippen LogP contribution in [0.5, 0.6) is 0 Å². The fourth-order valence-electron chi connectivity index (χ4n) is 1.96. The van der Waals surface area contributed by atoms with E-state index in [0.717, 1.165) is 16.2 Å². The number of imidazole rings is 1. The number of fused-ring (bicyclic) bond motifs is 1. The molecule has 2 heterocycles. The first-order chi connectivity index (χ1) is 9.54. The molecule has 0 radical (unpaired) electrons. The maximum atomic E-state index is 10.7. The second-order valence-electron chi connectivity index (χ2n) is 4.20. The predicted molar refractivity (Wildman–Crippen MR) is 79.9 cm³/mol. The molecular formula is C13H8Cl2N2O2S. The first-order valence-electron chi connectivity index (χ1n) is 5.67. The van der Waals surface area contributed by atoms with Crippen LogP contribution < -0.4 is 0 Å². The van der Waals surface area contributed by atoms with Crippen LogP contribution in [0.15, 0.2) is 29.8 Å². The number of thiazole rings is 1. The van der Waals surface area contributed by atoms with E-state index in [-0.39, 0.29) is 6.42 Å². The second-order valence-corrected chi connectivity index (χ2v) is 5.88. The summed E-state index contributed by atoms with van der Waals surface area (Å²) in [7, 11) is 0. The quantitative estimate of drug-likeness (QED) is 0.791. The van der Waals surface area contributed by atoms with Crippen molar-refractivity contribution in [2.24, 2.45) is 0 Å². The molecule has 20 heavy (non-hydrogen) atoms. The van der Waals surface area contributed by atoms with Crippen LogP contribution in [-0.2, 0) is 11.2 Å². The van der Waals surface area contributed by atoms with Crippen LogP contribution in [0.4, 0.5) is 0 Å². The van der Waals surface area contributed by atoms with Crippen molar-refractivity contribution in [3.05, 3.63) is 45.5 Å². The number of rotatable bonds is 3. The van der Waals surface area contributed by atoms with Crippen molar-refractivity contribution >= 4 is 45.5 Å². The average molecular weight is 327 g/mol. The molecule has 0 unspecified atom stereocenters. The van der Waals surface area contributed by atoms with Gasteiger partial charge < -0.3 is 5.11 Å². The molecule has 0 aliphatic carbocycles. The third-order valence-corrected chi connectivity index (χ3v) is 4.19. The first-order valence-corrected chi connectivity index (χ1v) is 7.31. The van der Waals surface area contributed by atoms with Gasteiger partial charge in [0.05, 0.1) is 22.8 Å². The van der Waals surface area contributed by atoms with E-state index in [4.69, 9.17) is 28.3 Å². The number of carboxylic acids is 1. The Bertz CT molecular complexity index is 810. The summed E-state index contributed by atoms with van der Waals surface area (Å²) >= 11 is 13.5. The zero-order valence-corrected chi connectivity index (χ0v) is 12.3. The molecule has 3 rings (SSSR count). The van der Waals surface area contributed by atoms with E-state index in [2.05, 4.69) is 4.98 Å². The van der Waals surface area contributed by atoms with Crippen molar-refractivity contribution in [1.29, 1.82) is 0 Å². The minimum absolute atomic E-state index is 0.0950. The van der Waals surface area contributed by atoms with Crippen molar-refractivity contribution in [3.63, 3.8) is 0 Å². The van der Waals surface area contributed by atoms with Gasteiger partial charge >= 0.3 is 5.97 Å². The number of aliphatic carboxylic acids is 1. The van der Waals surface area contributed by atoms with Crippen molar-refractivity contribution < 1.29 is 9.90 Å². The number of carbonyl (C=O) groups is 1. The van der Waals surface area contributed by atoms with E-state index in [1.54, 1.807) is 18.3 Å². The summed E-state index contributed by atoms with van der Waals surface area (Å²) in [6.07, 6.45) is 1.63. The van der Waals surface area contributed by atoms with E-state index in [9.17, 15) is 4.79 Å². The molecule has 0 aliphatic rings. The lowest BCUT2D eigenvalue weighted by Gasteiger charge is -2.03. The van der Waals surface area contributed by atoms with Crippen LogP contribution in [0.1, 0.15) is 5.69 Å². The topological polar surface area (TPSA) is 54.6 Å². The smallest absolute Gasteiger partial charge is 0.309 e. The van der Waals surface area contributed by atoms with E-state index >= 15 is 0 Å². The Kier molecular flexibility index (Phi) is 3.41. The van der Waals surface area contributed by atoms with Gasteiger partial charge in [-0.05, 0) is 18.2 Å². The number of hydrogen-bond acceptors (Lipinski definition) is 3. The van der Waals surface area contributed by atoms with Crippen LogP contribution in [-0.4, -0.2) is 20.5 Å². The largest absolute Gasteiger partial charge is 0.481 e. The summed E-state index contributed by atoms with van der Waals surface area (Å²) in [5.74, 6) is -0.901. The molecule has 0 saturated heterocycles. The van der Waals surface area contributed by atoms with Crippen molar-refractivity contribution in [1.82, 2.24) is 9.38 Å². The summed E-state index contributed by atoms with van der Waals surface area (Å²) < 4.78 is 1.85. The minimum Gasteiger partial charge on any atom is -0.481 e. The Morgan fingerprint density at radius 3 is 2.90 bits per heavy atom. The molecule has 102 valence electrons. The highest BCUT2D eigenvalue weighted by molar-refractivity contribution is 7.15. The Morgan fingerprint density at radius 1 is 1.40 bits per heavy atom. The maximum Gasteiger partial charge on any atom is 0.309 e.